The topological polar surface area (TPSA) is 29.5 Å². The third-order valence-corrected chi connectivity index (χ3v) is 5.52. The second-order valence-corrected chi connectivity index (χ2v) is 12.9. The van der Waals surface area contributed by atoms with Crippen molar-refractivity contribution in [1.82, 2.24) is 0 Å². The number of benzene rings is 1. The van der Waals surface area contributed by atoms with Gasteiger partial charge in [0.25, 0.3) is 0 Å². The molecule has 0 unspecified atom stereocenters. The summed E-state index contributed by atoms with van der Waals surface area (Å²) in [5, 5.41) is 0. The van der Waals surface area contributed by atoms with Gasteiger partial charge in [0.15, 0.2) is 0 Å². The molecule has 0 spiro atoms. The number of carbonyl (C=O) groups excluding carboxylic acids is 1. The SMILES string of the molecule is C[Si](C)(C)CCOCN1C(=O)C(F)(F)c2cc(Br)ccc21. The number of anilines is 1. The maximum atomic E-state index is 14.0. The van der Waals surface area contributed by atoms with Crippen molar-refractivity contribution in [2.75, 3.05) is 18.2 Å². The van der Waals surface area contributed by atoms with Gasteiger partial charge in [0.2, 0.25) is 0 Å². The summed E-state index contributed by atoms with van der Waals surface area (Å²) in [6.07, 6.45) is 0. The normalized spacial score (nSPS) is 17.2. The van der Waals surface area contributed by atoms with Crippen LogP contribution >= 0.6 is 15.9 Å². The molecule has 2 rings (SSSR count). The molecule has 0 saturated heterocycles. The summed E-state index contributed by atoms with van der Waals surface area (Å²) in [6, 6.07) is 5.37. The Hall–Kier alpha value is -0.793. The largest absolute Gasteiger partial charge is 0.361 e. The number of halogens is 3. The lowest BCUT2D eigenvalue weighted by molar-refractivity contribution is -0.142. The van der Waals surface area contributed by atoms with Gasteiger partial charge in [0, 0.05) is 19.2 Å². The molecule has 0 aromatic heterocycles. The summed E-state index contributed by atoms with van der Waals surface area (Å²) in [6.45, 7) is 6.97. The Morgan fingerprint density at radius 2 is 2.00 bits per heavy atom. The fourth-order valence-corrected chi connectivity index (χ4v) is 3.17. The first-order valence-electron chi connectivity index (χ1n) is 6.70. The summed E-state index contributed by atoms with van der Waals surface area (Å²) in [4.78, 5) is 12.9. The van der Waals surface area contributed by atoms with Gasteiger partial charge in [-0.1, -0.05) is 35.6 Å². The lowest BCUT2D eigenvalue weighted by atomic mass is 10.1. The van der Waals surface area contributed by atoms with Crippen LogP contribution in [0.2, 0.25) is 25.7 Å². The van der Waals surface area contributed by atoms with E-state index in [2.05, 4.69) is 35.6 Å². The molecule has 21 heavy (non-hydrogen) atoms. The van der Waals surface area contributed by atoms with Gasteiger partial charge in [-0.05, 0) is 24.2 Å². The molecule has 3 nitrogen and oxygen atoms in total. The van der Waals surface area contributed by atoms with Gasteiger partial charge >= 0.3 is 11.8 Å². The minimum absolute atomic E-state index is 0.131. The molecule has 1 heterocycles. The fraction of sp³-hybridized carbons (Fsp3) is 0.500. The number of hydrogen-bond donors (Lipinski definition) is 0. The van der Waals surface area contributed by atoms with Gasteiger partial charge in [-0.2, -0.15) is 8.78 Å². The molecule has 0 radical (unpaired) electrons. The average molecular weight is 378 g/mol. The van der Waals surface area contributed by atoms with Gasteiger partial charge < -0.3 is 4.74 Å². The van der Waals surface area contributed by atoms with Crippen LogP contribution in [-0.2, 0) is 15.5 Å². The second kappa shape index (κ2) is 5.77. The Morgan fingerprint density at radius 3 is 2.62 bits per heavy atom. The first-order valence-corrected chi connectivity index (χ1v) is 11.2. The summed E-state index contributed by atoms with van der Waals surface area (Å²) in [5.41, 5.74) is -0.0446. The molecule has 7 heteroatoms. The molecule has 1 amide bonds. The van der Waals surface area contributed by atoms with E-state index in [0.29, 0.717) is 11.1 Å². The van der Waals surface area contributed by atoms with Crippen molar-refractivity contribution < 1.29 is 18.3 Å². The van der Waals surface area contributed by atoms with E-state index in [0.717, 1.165) is 10.9 Å². The van der Waals surface area contributed by atoms with Gasteiger partial charge in [-0.25, -0.2) is 0 Å². The Bertz CT molecular complexity index is 560. The van der Waals surface area contributed by atoms with Crippen molar-refractivity contribution in [2.24, 2.45) is 0 Å². The van der Waals surface area contributed by atoms with Crippen LogP contribution in [0.1, 0.15) is 5.56 Å². The number of alkyl halides is 2. The van der Waals surface area contributed by atoms with E-state index in [1.54, 1.807) is 6.07 Å². The Morgan fingerprint density at radius 1 is 1.33 bits per heavy atom. The highest BCUT2D eigenvalue weighted by atomic mass is 79.9. The summed E-state index contributed by atoms with van der Waals surface area (Å²) in [7, 11) is -1.24. The van der Waals surface area contributed by atoms with Crippen LogP contribution in [0.3, 0.4) is 0 Å². The van der Waals surface area contributed by atoms with Crippen LogP contribution in [0.4, 0.5) is 14.5 Å². The first-order chi connectivity index (χ1) is 9.63. The van der Waals surface area contributed by atoms with E-state index < -0.39 is 19.9 Å². The van der Waals surface area contributed by atoms with Crippen molar-refractivity contribution in [3.05, 3.63) is 28.2 Å². The van der Waals surface area contributed by atoms with Gasteiger partial charge in [0.05, 0.1) is 11.3 Å². The van der Waals surface area contributed by atoms with Crippen LogP contribution in [-0.4, -0.2) is 27.3 Å². The molecular formula is C14H18BrF2NO2Si. The van der Waals surface area contributed by atoms with Gasteiger partial charge in [-0.3, -0.25) is 9.69 Å². The number of rotatable bonds is 5. The number of ether oxygens (including phenoxy) is 1. The third-order valence-electron chi connectivity index (χ3n) is 3.32. The summed E-state index contributed by atoms with van der Waals surface area (Å²) < 4.78 is 34.0. The lowest BCUT2D eigenvalue weighted by Gasteiger charge is -2.20. The predicted octanol–water partition coefficient (Wildman–Crippen LogP) is 4.20. The number of hydrogen-bond acceptors (Lipinski definition) is 2. The third kappa shape index (κ3) is 3.52. The minimum Gasteiger partial charge on any atom is -0.361 e. The highest BCUT2D eigenvalue weighted by Gasteiger charge is 2.52. The summed E-state index contributed by atoms with van der Waals surface area (Å²) in [5.74, 6) is -4.70. The Kier molecular flexibility index (Phi) is 4.56. The molecule has 0 bridgehead atoms. The van der Waals surface area contributed by atoms with E-state index in [1.165, 1.54) is 12.1 Å². The zero-order valence-corrected chi connectivity index (χ0v) is 14.8. The number of amides is 1. The highest BCUT2D eigenvalue weighted by molar-refractivity contribution is 9.10. The molecular weight excluding hydrogens is 360 g/mol. The van der Waals surface area contributed by atoms with Crippen LogP contribution in [0, 0.1) is 0 Å². The fourth-order valence-electron chi connectivity index (χ4n) is 2.05. The van der Waals surface area contributed by atoms with E-state index >= 15 is 0 Å². The Labute approximate surface area is 132 Å². The van der Waals surface area contributed by atoms with Crippen LogP contribution in [0.5, 0.6) is 0 Å². The van der Waals surface area contributed by atoms with Crippen molar-refractivity contribution in [3.8, 4) is 0 Å². The van der Waals surface area contributed by atoms with E-state index in [-0.39, 0.29) is 18.0 Å². The molecule has 1 aromatic rings. The standard InChI is InChI=1S/C14H18BrF2NO2Si/c1-21(2,3)7-6-20-9-18-12-5-4-10(15)8-11(12)14(16,17)13(18)19/h4-5,8H,6-7,9H2,1-3H3. The molecule has 1 aliphatic rings. The van der Waals surface area contributed by atoms with Crippen molar-refractivity contribution in [3.63, 3.8) is 0 Å². The van der Waals surface area contributed by atoms with Crippen molar-refractivity contribution in [1.29, 1.82) is 0 Å². The molecule has 116 valence electrons. The number of carbonyl (C=O) groups is 1. The maximum absolute atomic E-state index is 14.0. The van der Waals surface area contributed by atoms with E-state index in [4.69, 9.17) is 4.74 Å². The highest BCUT2D eigenvalue weighted by Crippen LogP contribution is 2.45. The smallest absolute Gasteiger partial charge is 0.352 e. The van der Waals surface area contributed by atoms with E-state index in [1.807, 2.05) is 0 Å². The minimum atomic E-state index is -3.48. The van der Waals surface area contributed by atoms with Crippen molar-refractivity contribution in [2.45, 2.75) is 31.6 Å². The summed E-state index contributed by atoms with van der Waals surface area (Å²) >= 11 is 3.15. The molecule has 0 fully saturated rings. The maximum Gasteiger partial charge on any atom is 0.352 e. The van der Waals surface area contributed by atoms with Crippen LogP contribution in [0.15, 0.2) is 22.7 Å². The predicted molar refractivity (Wildman–Crippen MR) is 84.5 cm³/mol. The average Bonchev–Trinajstić information content (AvgIpc) is 2.54. The monoisotopic (exact) mass is 377 g/mol. The first kappa shape index (κ1) is 16.6. The lowest BCUT2D eigenvalue weighted by Crippen LogP contribution is -2.36. The molecule has 1 aromatic carbocycles. The Balaban J connectivity index is 2.10. The quantitative estimate of drug-likeness (QED) is 0.568. The molecule has 0 atom stereocenters. The van der Waals surface area contributed by atoms with E-state index in [9.17, 15) is 13.6 Å². The van der Waals surface area contributed by atoms with Crippen LogP contribution in [0.25, 0.3) is 0 Å². The second-order valence-electron chi connectivity index (χ2n) is 6.32. The number of fused-ring (bicyclic) bond motifs is 1. The molecule has 0 N–H and O–H groups in total. The molecule has 1 aliphatic heterocycles. The van der Waals surface area contributed by atoms with Gasteiger partial charge in [0.1, 0.15) is 6.73 Å². The molecule has 0 saturated carbocycles. The number of nitrogens with zero attached hydrogens (tertiary/aromatic N) is 1. The van der Waals surface area contributed by atoms with Gasteiger partial charge in [-0.15, -0.1) is 0 Å². The zero-order valence-electron chi connectivity index (χ0n) is 12.3. The zero-order chi connectivity index (χ0) is 15.8. The van der Waals surface area contributed by atoms with Crippen LogP contribution < -0.4 is 4.90 Å². The van der Waals surface area contributed by atoms with Crippen molar-refractivity contribution >= 4 is 35.6 Å². The molecule has 0 aliphatic carbocycles.